The molecule has 0 aliphatic heterocycles. The zero-order valence-electron chi connectivity index (χ0n) is 12.0. The number of fused-ring (bicyclic) bond motifs is 1. The highest BCUT2D eigenvalue weighted by Crippen LogP contribution is 2.28. The van der Waals surface area contributed by atoms with Crippen molar-refractivity contribution < 1.29 is 9.47 Å². The molecule has 108 valence electrons. The predicted molar refractivity (Wildman–Crippen MR) is 85.0 cm³/mol. The van der Waals surface area contributed by atoms with Crippen molar-refractivity contribution in [2.45, 2.75) is 6.42 Å². The molecule has 0 atom stereocenters. The number of ether oxygens (including phenoxy) is 2. The second-order valence-electron chi connectivity index (χ2n) is 4.67. The number of hydrogen-bond acceptors (Lipinski definition) is 5. The van der Waals surface area contributed by atoms with Crippen LogP contribution in [0.3, 0.4) is 0 Å². The van der Waals surface area contributed by atoms with Crippen molar-refractivity contribution in [1.29, 1.82) is 0 Å². The molecule has 0 saturated heterocycles. The van der Waals surface area contributed by atoms with Crippen molar-refractivity contribution in [2.75, 3.05) is 20.8 Å². The Hall–Kier alpha value is -1.98. The molecule has 0 amide bonds. The van der Waals surface area contributed by atoms with E-state index in [-0.39, 0.29) is 0 Å². The number of methoxy groups -OCH3 is 2. The molecular weight excluding hydrogens is 284 g/mol. The van der Waals surface area contributed by atoms with Gasteiger partial charge < -0.3 is 9.47 Å². The van der Waals surface area contributed by atoms with Crippen molar-refractivity contribution in [3.63, 3.8) is 0 Å². The first-order chi connectivity index (χ1) is 10.3. The molecule has 0 saturated carbocycles. The van der Waals surface area contributed by atoms with E-state index in [0.29, 0.717) is 6.61 Å². The van der Waals surface area contributed by atoms with Crippen LogP contribution in [0.2, 0.25) is 0 Å². The third kappa shape index (κ3) is 3.04. The maximum Gasteiger partial charge on any atom is 0.147 e. The Morgan fingerprint density at radius 3 is 2.62 bits per heavy atom. The molecule has 0 aliphatic carbocycles. The Labute approximate surface area is 127 Å². The lowest BCUT2D eigenvalue weighted by Gasteiger charge is -2.03. The lowest BCUT2D eigenvalue weighted by molar-refractivity contribution is 0.202. The van der Waals surface area contributed by atoms with E-state index in [0.717, 1.165) is 33.1 Å². The molecule has 2 aromatic carbocycles. The fourth-order valence-corrected chi connectivity index (χ4v) is 2.96. The van der Waals surface area contributed by atoms with Crippen molar-refractivity contribution >= 4 is 22.1 Å². The summed E-state index contributed by atoms with van der Waals surface area (Å²) >= 11 is 1.62. The minimum absolute atomic E-state index is 0.673. The Morgan fingerprint density at radius 1 is 1.00 bits per heavy atom. The van der Waals surface area contributed by atoms with Crippen LogP contribution in [0.1, 0.15) is 5.01 Å². The van der Waals surface area contributed by atoms with Crippen molar-refractivity contribution in [1.82, 2.24) is 10.2 Å². The molecule has 0 N–H and O–H groups in total. The molecule has 0 spiro atoms. The first-order valence-electron chi connectivity index (χ1n) is 6.69. The number of benzene rings is 2. The van der Waals surface area contributed by atoms with Gasteiger partial charge in [-0.25, -0.2) is 0 Å². The average molecular weight is 300 g/mol. The predicted octanol–water partition coefficient (Wildman–Crippen LogP) is 3.56. The van der Waals surface area contributed by atoms with E-state index in [9.17, 15) is 0 Å². The van der Waals surface area contributed by atoms with Gasteiger partial charge in [0.15, 0.2) is 0 Å². The van der Waals surface area contributed by atoms with Gasteiger partial charge in [-0.05, 0) is 29.0 Å². The van der Waals surface area contributed by atoms with Crippen LogP contribution in [-0.4, -0.2) is 31.0 Å². The Kier molecular flexibility index (Phi) is 4.13. The Bertz CT molecular complexity index is 755. The van der Waals surface area contributed by atoms with Crippen LogP contribution in [0.5, 0.6) is 5.75 Å². The van der Waals surface area contributed by atoms with Crippen LogP contribution in [-0.2, 0) is 11.2 Å². The Balaban J connectivity index is 1.91. The molecular formula is C16H16N2O2S. The van der Waals surface area contributed by atoms with Gasteiger partial charge in [0.2, 0.25) is 0 Å². The molecule has 21 heavy (non-hydrogen) atoms. The molecule has 4 nitrogen and oxygen atoms in total. The SMILES string of the molecule is COCCc1nnc(-c2ccc3cc(OC)ccc3c2)s1. The fraction of sp³-hybridized carbons (Fsp3) is 0.250. The fourth-order valence-electron chi connectivity index (χ4n) is 2.14. The summed E-state index contributed by atoms with van der Waals surface area (Å²) in [6.45, 7) is 0.673. The Morgan fingerprint density at radius 2 is 1.81 bits per heavy atom. The van der Waals surface area contributed by atoms with Crippen molar-refractivity contribution in [2.24, 2.45) is 0 Å². The summed E-state index contributed by atoms with van der Waals surface area (Å²) in [4.78, 5) is 0. The normalized spacial score (nSPS) is 11.0. The standard InChI is InChI=1S/C16H16N2O2S/c1-19-8-7-15-17-18-16(21-15)13-4-3-12-10-14(20-2)6-5-11(12)9-13/h3-6,9-10H,7-8H2,1-2H3. The second-order valence-corrected chi connectivity index (χ2v) is 5.73. The summed E-state index contributed by atoms with van der Waals surface area (Å²) in [5.41, 5.74) is 1.09. The number of rotatable bonds is 5. The van der Waals surface area contributed by atoms with Gasteiger partial charge in [-0.15, -0.1) is 10.2 Å². The molecule has 0 bridgehead atoms. The van der Waals surface area contributed by atoms with E-state index < -0.39 is 0 Å². The van der Waals surface area contributed by atoms with Crippen LogP contribution in [0.4, 0.5) is 0 Å². The topological polar surface area (TPSA) is 44.2 Å². The lowest BCUT2D eigenvalue weighted by Crippen LogP contribution is -1.92. The van der Waals surface area contributed by atoms with E-state index in [2.05, 4.69) is 34.5 Å². The molecule has 3 aromatic rings. The van der Waals surface area contributed by atoms with Crippen LogP contribution >= 0.6 is 11.3 Å². The van der Waals surface area contributed by atoms with E-state index >= 15 is 0 Å². The highest BCUT2D eigenvalue weighted by Gasteiger charge is 2.07. The van der Waals surface area contributed by atoms with Gasteiger partial charge in [-0.3, -0.25) is 0 Å². The molecule has 0 aliphatic rings. The van der Waals surface area contributed by atoms with Gasteiger partial charge in [-0.2, -0.15) is 0 Å². The summed E-state index contributed by atoms with van der Waals surface area (Å²) in [7, 11) is 3.37. The van der Waals surface area contributed by atoms with Gasteiger partial charge in [0.05, 0.1) is 13.7 Å². The summed E-state index contributed by atoms with van der Waals surface area (Å²) in [6.07, 6.45) is 0.805. The van der Waals surface area contributed by atoms with Gasteiger partial charge in [0.1, 0.15) is 15.8 Å². The first-order valence-corrected chi connectivity index (χ1v) is 7.51. The molecule has 0 fully saturated rings. The number of aromatic nitrogens is 2. The lowest BCUT2D eigenvalue weighted by atomic mass is 10.1. The minimum atomic E-state index is 0.673. The van der Waals surface area contributed by atoms with E-state index in [4.69, 9.17) is 9.47 Å². The minimum Gasteiger partial charge on any atom is -0.497 e. The first kappa shape index (κ1) is 14.0. The highest BCUT2D eigenvalue weighted by molar-refractivity contribution is 7.14. The van der Waals surface area contributed by atoms with Gasteiger partial charge in [0, 0.05) is 19.1 Å². The molecule has 1 aromatic heterocycles. The van der Waals surface area contributed by atoms with Crippen LogP contribution < -0.4 is 4.74 Å². The molecule has 5 heteroatoms. The van der Waals surface area contributed by atoms with Crippen LogP contribution in [0, 0.1) is 0 Å². The van der Waals surface area contributed by atoms with Crippen LogP contribution in [0.15, 0.2) is 36.4 Å². The van der Waals surface area contributed by atoms with Gasteiger partial charge >= 0.3 is 0 Å². The van der Waals surface area contributed by atoms with Crippen LogP contribution in [0.25, 0.3) is 21.3 Å². The van der Waals surface area contributed by atoms with E-state index in [1.54, 1.807) is 25.6 Å². The average Bonchev–Trinajstić information content (AvgIpc) is 3.00. The smallest absolute Gasteiger partial charge is 0.147 e. The molecule has 0 unspecified atom stereocenters. The molecule has 0 radical (unpaired) electrons. The summed E-state index contributed by atoms with van der Waals surface area (Å²) in [5.74, 6) is 0.869. The quantitative estimate of drug-likeness (QED) is 0.722. The third-order valence-corrected chi connectivity index (χ3v) is 4.31. The maximum atomic E-state index is 5.25. The second kappa shape index (κ2) is 6.20. The number of nitrogens with zero attached hydrogens (tertiary/aromatic N) is 2. The zero-order chi connectivity index (χ0) is 14.7. The van der Waals surface area contributed by atoms with E-state index in [1.807, 2.05) is 12.1 Å². The van der Waals surface area contributed by atoms with Crippen molar-refractivity contribution in [3.05, 3.63) is 41.4 Å². The molecule has 1 heterocycles. The van der Waals surface area contributed by atoms with E-state index in [1.165, 1.54) is 5.39 Å². The zero-order valence-corrected chi connectivity index (χ0v) is 12.8. The summed E-state index contributed by atoms with van der Waals surface area (Å²) < 4.78 is 10.3. The maximum absolute atomic E-state index is 5.25. The third-order valence-electron chi connectivity index (χ3n) is 3.28. The van der Waals surface area contributed by atoms with Crippen molar-refractivity contribution in [3.8, 4) is 16.3 Å². The summed E-state index contributed by atoms with van der Waals surface area (Å²) in [5, 5.41) is 12.7. The largest absolute Gasteiger partial charge is 0.497 e. The van der Waals surface area contributed by atoms with Gasteiger partial charge in [0.25, 0.3) is 0 Å². The molecule has 3 rings (SSSR count). The summed E-state index contributed by atoms with van der Waals surface area (Å²) in [6, 6.07) is 12.4. The highest BCUT2D eigenvalue weighted by atomic mass is 32.1. The number of hydrogen-bond donors (Lipinski definition) is 0. The van der Waals surface area contributed by atoms with Gasteiger partial charge in [-0.1, -0.05) is 29.5 Å². The monoisotopic (exact) mass is 300 g/mol.